The zero-order valence-electron chi connectivity index (χ0n) is 24.4. The second-order valence-electron chi connectivity index (χ2n) is 10.4. The van der Waals surface area contributed by atoms with Crippen molar-refractivity contribution in [3.05, 3.63) is 29.3 Å². The Morgan fingerprint density at radius 2 is 1.72 bits per heavy atom. The predicted molar refractivity (Wildman–Crippen MR) is 163 cm³/mol. The van der Waals surface area contributed by atoms with Crippen LogP contribution in [0.2, 0.25) is 0 Å². The van der Waals surface area contributed by atoms with E-state index in [0.717, 1.165) is 0 Å². The number of esters is 1. The van der Waals surface area contributed by atoms with Gasteiger partial charge in [-0.1, -0.05) is 6.92 Å². The van der Waals surface area contributed by atoms with E-state index in [1.165, 1.54) is 23.5 Å². The zero-order valence-corrected chi connectivity index (χ0v) is 27.0. The molecule has 2 saturated heterocycles. The van der Waals surface area contributed by atoms with Crippen LogP contribution in [0.3, 0.4) is 0 Å². The van der Waals surface area contributed by atoms with Crippen molar-refractivity contribution in [2.75, 3.05) is 24.7 Å². The van der Waals surface area contributed by atoms with Gasteiger partial charge >= 0.3 is 20.9 Å². The molecule has 7 N–H and O–H groups in total. The highest BCUT2D eigenvalue weighted by atomic mass is 32.5. The number of rotatable bonds is 12. The van der Waals surface area contributed by atoms with Crippen LogP contribution in [-0.4, -0.2) is 92.4 Å². The Labute approximate surface area is 269 Å². The highest BCUT2D eigenvalue weighted by Crippen LogP contribution is 2.43. The lowest BCUT2D eigenvalue weighted by molar-refractivity contribution is -0.152. The van der Waals surface area contributed by atoms with E-state index in [1.807, 2.05) is 0 Å². The third kappa shape index (κ3) is 7.31. The minimum absolute atomic E-state index is 0.0362. The van der Waals surface area contributed by atoms with E-state index in [9.17, 15) is 23.9 Å². The van der Waals surface area contributed by atoms with E-state index < -0.39 is 70.0 Å². The van der Waals surface area contributed by atoms with Gasteiger partial charge in [-0.2, -0.15) is 4.98 Å². The van der Waals surface area contributed by atoms with Gasteiger partial charge in [0, 0.05) is 23.8 Å². The number of aromatic nitrogens is 8. The lowest BCUT2D eigenvalue weighted by atomic mass is 10.2. The Morgan fingerprint density at radius 1 is 1.06 bits per heavy atom. The summed E-state index contributed by atoms with van der Waals surface area (Å²) in [6.45, 7) is -3.16. The predicted octanol–water partition coefficient (Wildman–Crippen LogP) is 0.306. The van der Waals surface area contributed by atoms with Gasteiger partial charge in [0.05, 0.1) is 19.3 Å². The largest absolute Gasteiger partial charge is 0.697 e. The topological polar surface area (TPSA) is 289 Å². The molecule has 4 aromatic rings. The number of nitrogens with two attached hydrogens (primary N) is 2. The summed E-state index contributed by atoms with van der Waals surface area (Å²) in [6, 6.07) is 0. The molecule has 2 fully saturated rings. The summed E-state index contributed by atoms with van der Waals surface area (Å²) in [5.41, 5.74) is 12.0. The van der Waals surface area contributed by atoms with E-state index in [1.54, 1.807) is 11.5 Å². The summed E-state index contributed by atoms with van der Waals surface area (Å²) < 4.78 is 50.1. The minimum Gasteiger partial charge on any atom is -0.459 e. The van der Waals surface area contributed by atoms with Gasteiger partial charge < -0.3 is 40.0 Å². The van der Waals surface area contributed by atoms with Crippen molar-refractivity contribution in [1.29, 1.82) is 0 Å². The number of H-pyrrole nitrogens is 1. The number of anilines is 2. The minimum atomic E-state index is -4.06. The maximum Gasteiger partial charge on any atom is 0.697 e. The van der Waals surface area contributed by atoms with E-state index >= 15 is 0 Å². The molecule has 6 rings (SSSR count). The van der Waals surface area contributed by atoms with Crippen LogP contribution in [0.15, 0.2) is 23.8 Å². The second-order valence-corrected chi connectivity index (χ2v) is 14.0. The number of nitrogen functional groups attached to an aromatic ring is 2. The van der Waals surface area contributed by atoms with Crippen LogP contribution in [0.5, 0.6) is 0 Å². The monoisotopic (exact) mass is 715 g/mol. The maximum atomic E-state index is 13.1. The number of hydrogen-bond donors (Lipinski definition) is 5. The number of carbonyl (C=O) groups excluding carboxylic acids is 1. The van der Waals surface area contributed by atoms with Crippen LogP contribution in [0.4, 0.5) is 11.8 Å². The van der Waals surface area contributed by atoms with Gasteiger partial charge in [0.2, 0.25) is 5.95 Å². The van der Waals surface area contributed by atoms with Crippen molar-refractivity contribution in [1.82, 2.24) is 39.0 Å². The first kappa shape index (κ1) is 33.3. The summed E-state index contributed by atoms with van der Waals surface area (Å²) >= 11 is 4.56. The Bertz CT molecular complexity index is 1920. The highest BCUT2D eigenvalue weighted by Gasteiger charge is 2.46. The molecule has 24 heteroatoms. The van der Waals surface area contributed by atoms with Crippen molar-refractivity contribution in [3.63, 3.8) is 0 Å². The molecule has 7 atom stereocenters. The van der Waals surface area contributed by atoms with Crippen LogP contribution >= 0.6 is 15.0 Å². The third-order valence-corrected chi connectivity index (χ3v) is 8.97. The van der Waals surface area contributed by atoms with Gasteiger partial charge in [-0.15, -0.1) is 9.05 Å². The van der Waals surface area contributed by atoms with E-state index in [-0.39, 0.29) is 48.8 Å². The number of ether oxygens (including phenoxy) is 3. The fourth-order valence-electron chi connectivity index (χ4n) is 5.21. The smallest absolute Gasteiger partial charge is 0.459 e. The van der Waals surface area contributed by atoms with Gasteiger partial charge in [-0.25, -0.2) is 19.9 Å². The van der Waals surface area contributed by atoms with Crippen molar-refractivity contribution in [2.24, 2.45) is 0 Å². The molecule has 0 radical (unpaired) electrons. The van der Waals surface area contributed by atoms with Crippen LogP contribution in [0.1, 0.15) is 38.6 Å². The molecule has 2 aliphatic rings. The standard InChI is InChI=1S/C23H28N10O11P2S/c1-2-16(34)43-10-3-14(33-9-29-18-21(33)30-23(25)31-22(18)35)41-12(10)5-39-45(36)44-11-4-15(42-13(11)6-40-46(37,38)47)32-8-28-17-19(24)26-7-27-20(17)32/h7-15H,2-6H2,1H3,(H6-,24,25,26,27,30,31,35,37,38,47)/p+1/t10-,11-,12+,13+,14+,15+/m0/s1. The molecule has 0 bridgehead atoms. The fourth-order valence-corrected chi connectivity index (χ4v) is 6.51. The van der Waals surface area contributed by atoms with Crippen molar-refractivity contribution in [3.8, 4) is 0 Å². The average molecular weight is 716 g/mol. The van der Waals surface area contributed by atoms with Gasteiger partial charge in [-0.05, 0) is 11.8 Å². The van der Waals surface area contributed by atoms with Gasteiger partial charge in [-0.3, -0.25) is 23.7 Å². The third-order valence-electron chi connectivity index (χ3n) is 7.36. The van der Waals surface area contributed by atoms with E-state index in [4.69, 9.17) is 39.2 Å². The molecule has 0 spiro atoms. The maximum absolute atomic E-state index is 13.1. The molecule has 6 heterocycles. The molecule has 0 saturated carbocycles. The highest BCUT2D eigenvalue weighted by molar-refractivity contribution is 8.06. The summed E-state index contributed by atoms with van der Waals surface area (Å²) in [5.74, 6) is -0.459. The van der Waals surface area contributed by atoms with Gasteiger partial charge in [0.15, 0.2) is 22.6 Å². The molecule has 0 aliphatic carbocycles. The average Bonchev–Trinajstić information content (AvgIpc) is 3.80. The van der Waals surface area contributed by atoms with Gasteiger partial charge in [0.25, 0.3) is 5.56 Å². The van der Waals surface area contributed by atoms with Gasteiger partial charge in [0.1, 0.15) is 55.3 Å². The Hall–Kier alpha value is -3.56. The molecular formula is C23H29N10O11P2S+. The van der Waals surface area contributed by atoms with Crippen LogP contribution in [-0.2, 0) is 48.9 Å². The number of fused-ring (bicyclic) bond motifs is 2. The molecule has 2 aliphatic heterocycles. The van der Waals surface area contributed by atoms with Crippen LogP contribution in [0, 0.1) is 0 Å². The fraction of sp³-hybridized carbons (Fsp3) is 0.522. The Kier molecular flexibility index (Phi) is 9.59. The summed E-state index contributed by atoms with van der Waals surface area (Å²) in [6.07, 6.45) is -0.813. The number of hydrogen-bond acceptors (Lipinski definition) is 17. The number of nitrogens with one attached hydrogen (secondary N) is 1. The van der Waals surface area contributed by atoms with E-state index in [0.29, 0.717) is 11.2 Å². The number of imidazole rings is 2. The summed E-state index contributed by atoms with van der Waals surface area (Å²) in [4.78, 5) is 66.6. The molecule has 0 amide bonds. The lowest BCUT2D eigenvalue weighted by Gasteiger charge is -2.17. The van der Waals surface area contributed by atoms with Crippen molar-refractivity contribution < 1.29 is 46.9 Å². The number of nitrogens with zero attached hydrogens (tertiary/aromatic N) is 7. The zero-order chi connectivity index (χ0) is 33.5. The normalized spacial score (nSPS) is 25.1. The SMILES string of the molecule is CCC(=O)O[C@H]1C[C@H](n2cnc3c(=O)[nH]c(N)nc32)O[C@@H]1CO[P+](=O)O[C@H]1C[C@H](n2cnc3c(N)ncnc32)O[C@@H]1COP(O)(O)=S. The molecule has 1 unspecified atom stereocenters. The first-order valence-corrected chi connectivity index (χ1v) is 17.7. The molecule has 252 valence electrons. The van der Waals surface area contributed by atoms with E-state index in [2.05, 4.69) is 41.7 Å². The molecular weight excluding hydrogens is 686 g/mol. The number of carbonyl (C=O) groups is 1. The van der Waals surface area contributed by atoms with Crippen molar-refractivity contribution in [2.45, 2.75) is 63.1 Å². The van der Waals surface area contributed by atoms with Crippen LogP contribution < -0.4 is 17.0 Å². The molecule has 0 aromatic carbocycles. The first-order valence-electron chi connectivity index (χ1n) is 14.0. The lowest BCUT2D eigenvalue weighted by Crippen LogP contribution is -2.31. The number of aromatic amines is 1. The van der Waals surface area contributed by atoms with Crippen LogP contribution in [0.25, 0.3) is 22.3 Å². The quantitative estimate of drug-likeness (QED) is 0.0973. The first-order chi connectivity index (χ1) is 22.4. The Balaban J connectivity index is 1.15. The molecule has 4 aromatic heterocycles. The summed E-state index contributed by atoms with van der Waals surface area (Å²) in [5, 5.41) is 0. The summed E-state index contributed by atoms with van der Waals surface area (Å²) in [7, 11) is -2.84. The molecule has 47 heavy (non-hydrogen) atoms. The van der Waals surface area contributed by atoms with Crippen molar-refractivity contribution >= 4 is 66.8 Å². The second kappa shape index (κ2) is 13.5. The molecule has 21 nitrogen and oxygen atoms in total. The Morgan fingerprint density at radius 3 is 2.43 bits per heavy atom.